The van der Waals surface area contributed by atoms with Crippen molar-refractivity contribution in [2.24, 2.45) is 0 Å². The molecule has 0 saturated carbocycles. The molecule has 0 saturated heterocycles. The average molecular weight is 430 g/mol. The van der Waals surface area contributed by atoms with E-state index >= 15 is 0 Å². The predicted octanol–water partition coefficient (Wildman–Crippen LogP) is 4.91. The molecule has 0 aromatic heterocycles. The van der Waals surface area contributed by atoms with Gasteiger partial charge in [-0.25, -0.2) is 9.59 Å². The van der Waals surface area contributed by atoms with E-state index in [1.807, 2.05) is 6.07 Å². The molecule has 0 aliphatic carbocycles. The fraction of sp³-hybridized carbons (Fsp3) is 0.125. The van der Waals surface area contributed by atoms with Gasteiger partial charge >= 0.3 is 11.9 Å². The van der Waals surface area contributed by atoms with Gasteiger partial charge in [-0.3, -0.25) is 0 Å². The van der Waals surface area contributed by atoms with Gasteiger partial charge in [-0.2, -0.15) is 0 Å². The number of halogens is 2. The van der Waals surface area contributed by atoms with Crippen LogP contribution in [-0.4, -0.2) is 22.2 Å². The van der Waals surface area contributed by atoms with Crippen molar-refractivity contribution in [3.05, 3.63) is 67.6 Å². The van der Waals surface area contributed by atoms with E-state index in [4.69, 9.17) is 10.2 Å². The first-order valence-electron chi connectivity index (χ1n) is 6.21. The number of carbonyl (C=O) groups is 2. The lowest BCUT2D eigenvalue weighted by molar-refractivity contribution is 0.0685. The molecule has 0 aliphatic rings. The summed E-state index contributed by atoms with van der Waals surface area (Å²) in [5.74, 6) is -1.76. The Hall–Kier alpha value is -1.66. The van der Waals surface area contributed by atoms with Gasteiger partial charge in [-0.1, -0.05) is 37.9 Å². The highest BCUT2D eigenvalue weighted by molar-refractivity contribution is 9.10. The third-order valence-corrected chi connectivity index (χ3v) is 3.84. The lowest BCUT2D eigenvalue weighted by Crippen LogP contribution is -1.98. The maximum Gasteiger partial charge on any atom is 0.335 e. The normalized spacial score (nSPS) is 9.64. The van der Waals surface area contributed by atoms with Crippen LogP contribution in [0.4, 0.5) is 0 Å². The average Bonchev–Trinajstić information content (AvgIpc) is 2.41. The lowest BCUT2D eigenvalue weighted by Gasteiger charge is -1.99. The van der Waals surface area contributed by atoms with Crippen molar-refractivity contribution in [2.75, 3.05) is 0 Å². The maximum absolute atomic E-state index is 10.6. The van der Waals surface area contributed by atoms with Gasteiger partial charge in [0.2, 0.25) is 0 Å². The van der Waals surface area contributed by atoms with Crippen molar-refractivity contribution < 1.29 is 19.8 Å². The second kappa shape index (κ2) is 8.10. The Balaban J connectivity index is 0.000000220. The number of carboxylic acid groups (broad SMARTS) is 2. The summed E-state index contributed by atoms with van der Waals surface area (Å²) in [7, 11) is 0. The minimum absolute atomic E-state index is 0.347. The van der Waals surface area contributed by atoms with Gasteiger partial charge in [0.25, 0.3) is 0 Å². The minimum Gasteiger partial charge on any atom is -0.478 e. The summed E-state index contributed by atoms with van der Waals surface area (Å²) in [4.78, 5) is 21.1. The van der Waals surface area contributed by atoms with Crippen molar-refractivity contribution in [3.8, 4) is 0 Å². The van der Waals surface area contributed by atoms with Gasteiger partial charge in [-0.15, -0.1) is 0 Å². The van der Waals surface area contributed by atoms with Crippen LogP contribution in [-0.2, 0) is 0 Å². The molecular formula is C16H14Br2O4. The number of rotatable bonds is 2. The number of benzene rings is 2. The zero-order valence-electron chi connectivity index (χ0n) is 11.9. The van der Waals surface area contributed by atoms with E-state index in [2.05, 4.69) is 31.9 Å². The standard InChI is InChI=1S/2C8H7BrO2/c1-5-4-6(9)2-3-7(5)8(10)11;1-5-2-3-6(9)4-7(5)8(10)11/h2*2-4H,1H3,(H,10,11). The molecule has 2 N–H and O–H groups in total. The first-order valence-corrected chi connectivity index (χ1v) is 7.80. The SMILES string of the molecule is Cc1cc(Br)ccc1C(=O)O.Cc1ccc(Br)cc1C(=O)O. The third kappa shape index (κ3) is 5.27. The molecule has 2 rings (SSSR count). The summed E-state index contributed by atoms with van der Waals surface area (Å²) in [6, 6.07) is 10.3. The Morgan fingerprint density at radius 3 is 1.73 bits per heavy atom. The van der Waals surface area contributed by atoms with E-state index < -0.39 is 11.9 Å². The second-order valence-corrected chi connectivity index (χ2v) is 6.36. The summed E-state index contributed by atoms with van der Waals surface area (Å²) in [6.45, 7) is 3.55. The summed E-state index contributed by atoms with van der Waals surface area (Å²) >= 11 is 6.45. The van der Waals surface area contributed by atoms with Crippen LogP contribution in [0.25, 0.3) is 0 Å². The molecule has 6 heteroatoms. The highest BCUT2D eigenvalue weighted by Gasteiger charge is 2.06. The molecule has 0 radical (unpaired) electrons. The first kappa shape index (κ1) is 18.4. The molecule has 0 atom stereocenters. The Labute approximate surface area is 145 Å². The predicted molar refractivity (Wildman–Crippen MR) is 91.7 cm³/mol. The molecule has 0 heterocycles. The monoisotopic (exact) mass is 428 g/mol. The van der Waals surface area contributed by atoms with E-state index in [0.29, 0.717) is 11.1 Å². The molecule has 0 bridgehead atoms. The Morgan fingerprint density at radius 1 is 0.773 bits per heavy atom. The van der Waals surface area contributed by atoms with Gasteiger partial charge in [0.15, 0.2) is 0 Å². The van der Waals surface area contributed by atoms with Gasteiger partial charge in [0, 0.05) is 8.95 Å². The summed E-state index contributed by atoms with van der Waals surface area (Å²) in [6.07, 6.45) is 0. The van der Waals surface area contributed by atoms with Crippen molar-refractivity contribution in [3.63, 3.8) is 0 Å². The van der Waals surface area contributed by atoms with Crippen LogP contribution in [0, 0.1) is 13.8 Å². The zero-order chi connectivity index (χ0) is 16.9. The molecule has 0 amide bonds. The Bertz CT molecular complexity index is 711. The van der Waals surface area contributed by atoms with Crippen LogP contribution < -0.4 is 0 Å². The van der Waals surface area contributed by atoms with Crippen LogP contribution in [0.15, 0.2) is 45.3 Å². The number of hydrogen-bond donors (Lipinski definition) is 2. The molecule has 2 aromatic carbocycles. The second-order valence-electron chi connectivity index (χ2n) is 4.53. The molecule has 2 aromatic rings. The van der Waals surface area contributed by atoms with Gasteiger partial charge < -0.3 is 10.2 Å². The molecule has 4 nitrogen and oxygen atoms in total. The Morgan fingerprint density at radius 2 is 1.27 bits per heavy atom. The summed E-state index contributed by atoms with van der Waals surface area (Å²) in [5, 5.41) is 17.3. The summed E-state index contributed by atoms with van der Waals surface area (Å²) in [5.41, 5.74) is 2.25. The summed E-state index contributed by atoms with van der Waals surface area (Å²) < 4.78 is 1.69. The van der Waals surface area contributed by atoms with Crippen molar-refractivity contribution in [1.82, 2.24) is 0 Å². The Kier molecular flexibility index (Phi) is 6.77. The highest BCUT2D eigenvalue weighted by Crippen LogP contribution is 2.16. The van der Waals surface area contributed by atoms with E-state index in [1.54, 1.807) is 44.2 Å². The smallest absolute Gasteiger partial charge is 0.335 e. The zero-order valence-corrected chi connectivity index (χ0v) is 15.1. The van der Waals surface area contributed by atoms with Crippen LogP contribution in [0.2, 0.25) is 0 Å². The van der Waals surface area contributed by atoms with Gasteiger partial charge in [0.05, 0.1) is 11.1 Å². The quantitative estimate of drug-likeness (QED) is 0.710. The van der Waals surface area contributed by atoms with Crippen molar-refractivity contribution in [1.29, 1.82) is 0 Å². The van der Waals surface area contributed by atoms with Gasteiger partial charge in [0.1, 0.15) is 0 Å². The van der Waals surface area contributed by atoms with Crippen molar-refractivity contribution in [2.45, 2.75) is 13.8 Å². The number of hydrogen-bond acceptors (Lipinski definition) is 2. The number of aryl methyl sites for hydroxylation is 2. The molecule has 22 heavy (non-hydrogen) atoms. The van der Waals surface area contributed by atoms with Crippen LogP contribution >= 0.6 is 31.9 Å². The van der Waals surface area contributed by atoms with E-state index in [9.17, 15) is 9.59 Å². The number of aromatic carboxylic acids is 2. The van der Waals surface area contributed by atoms with Crippen LogP contribution in [0.1, 0.15) is 31.8 Å². The fourth-order valence-corrected chi connectivity index (χ4v) is 2.53. The van der Waals surface area contributed by atoms with E-state index in [0.717, 1.165) is 20.1 Å². The van der Waals surface area contributed by atoms with E-state index in [1.165, 1.54) is 0 Å². The van der Waals surface area contributed by atoms with Crippen molar-refractivity contribution >= 4 is 43.8 Å². The molecule has 0 fully saturated rings. The minimum atomic E-state index is -0.885. The van der Waals surface area contributed by atoms with Crippen LogP contribution in [0.3, 0.4) is 0 Å². The van der Waals surface area contributed by atoms with Gasteiger partial charge in [-0.05, 0) is 55.3 Å². The molecule has 0 spiro atoms. The van der Waals surface area contributed by atoms with Crippen LogP contribution in [0.5, 0.6) is 0 Å². The first-order chi connectivity index (χ1) is 10.2. The molecule has 0 aliphatic heterocycles. The number of carboxylic acids is 2. The molecule has 116 valence electrons. The molecular weight excluding hydrogens is 416 g/mol. The lowest BCUT2D eigenvalue weighted by atomic mass is 10.1. The highest BCUT2D eigenvalue weighted by atomic mass is 79.9. The maximum atomic E-state index is 10.6. The van der Waals surface area contributed by atoms with E-state index in [-0.39, 0.29) is 0 Å². The largest absolute Gasteiger partial charge is 0.478 e. The fourth-order valence-electron chi connectivity index (χ4n) is 1.69. The topological polar surface area (TPSA) is 74.6 Å². The molecule has 0 unspecified atom stereocenters. The third-order valence-electron chi connectivity index (χ3n) is 2.85.